The molecule has 0 amide bonds. The van der Waals surface area contributed by atoms with Gasteiger partial charge in [-0.1, -0.05) is 0 Å². The number of piperazine rings is 1. The first-order valence-corrected chi connectivity index (χ1v) is 6.62. The summed E-state index contributed by atoms with van der Waals surface area (Å²) in [5, 5.41) is 3.17. The van der Waals surface area contributed by atoms with Gasteiger partial charge < -0.3 is 14.8 Å². The Morgan fingerprint density at radius 1 is 1.09 bits per heavy atom. The van der Waals surface area contributed by atoms with E-state index in [-0.39, 0.29) is 24.8 Å². The van der Waals surface area contributed by atoms with Gasteiger partial charge in [-0.2, -0.15) is 0 Å². The molecule has 1 heterocycles. The monoisotopic (exact) mass is 358 g/mol. The number of benzene rings is 1. The Kier molecular flexibility index (Phi) is 9.67. The molecule has 1 fully saturated rings. The van der Waals surface area contributed by atoms with Gasteiger partial charge in [0.15, 0.2) is 0 Å². The minimum atomic E-state index is -2.48. The Morgan fingerprint density at radius 2 is 1.73 bits per heavy atom. The third kappa shape index (κ3) is 4.84. The molecule has 1 N–H and O–H groups in total. The summed E-state index contributed by atoms with van der Waals surface area (Å²) in [6.45, 7) is 2.62. The molecule has 0 unspecified atom stereocenters. The first kappa shape index (κ1) is 21.2. The largest absolute Gasteiger partial charge is 0.497 e. The van der Waals surface area contributed by atoms with Gasteiger partial charge in [-0.25, -0.2) is 8.78 Å². The highest BCUT2D eigenvalue weighted by Gasteiger charge is 2.32. The maximum atomic E-state index is 13.6. The Balaban J connectivity index is 0.00000220. The number of halogens is 4. The van der Waals surface area contributed by atoms with Crippen LogP contribution in [0.15, 0.2) is 18.2 Å². The van der Waals surface area contributed by atoms with Crippen molar-refractivity contribution in [2.75, 3.05) is 40.4 Å². The van der Waals surface area contributed by atoms with E-state index in [0.29, 0.717) is 30.2 Å². The summed E-state index contributed by atoms with van der Waals surface area (Å²) in [7, 11) is 3.01. The van der Waals surface area contributed by atoms with E-state index in [2.05, 4.69) is 5.32 Å². The Hall–Kier alpha value is -0.820. The first-order chi connectivity index (χ1) is 9.67. The summed E-state index contributed by atoms with van der Waals surface area (Å²) in [5.74, 6) is 1.02. The van der Waals surface area contributed by atoms with Crippen molar-refractivity contribution in [3.63, 3.8) is 0 Å². The van der Waals surface area contributed by atoms with E-state index in [9.17, 15) is 8.78 Å². The average molecular weight is 359 g/mol. The van der Waals surface area contributed by atoms with Gasteiger partial charge in [0.05, 0.1) is 14.2 Å². The van der Waals surface area contributed by atoms with Gasteiger partial charge in [0.25, 0.3) is 6.43 Å². The Labute approximate surface area is 142 Å². The molecule has 22 heavy (non-hydrogen) atoms. The maximum absolute atomic E-state index is 13.6. The molecule has 1 aromatic rings. The molecule has 1 aromatic carbocycles. The third-order valence-corrected chi connectivity index (χ3v) is 3.54. The molecule has 1 atom stereocenters. The molecule has 1 aliphatic heterocycles. The van der Waals surface area contributed by atoms with Crippen LogP contribution in [0.5, 0.6) is 11.5 Å². The fraction of sp³-hybridized carbons (Fsp3) is 0.571. The first-order valence-electron chi connectivity index (χ1n) is 6.62. The number of ether oxygens (including phenoxy) is 2. The van der Waals surface area contributed by atoms with Crippen LogP contribution in [0, 0.1) is 0 Å². The van der Waals surface area contributed by atoms with Crippen LogP contribution >= 0.6 is 24.8 Å². The molecule has 0 bridgehead atoms. The van der Waals surface area contributed by atoms with Crippen LogP contribution in [0.25, 0.3) is 0 Å². The summed E-state index contributed by atoms with van der Waals surface area (Å²) >= 11 is 0. The van der Waals surface area contributed by atoms with Crippen LogP contribution in [0.3, 0.4) is 0 Å². The quantitative estimate of drug-likeness (QED) is 0.877. The van der Waals surface area contributed by atoms with E-state index >= 15 is 0 Å². The molecule has 1 saturated heterocycles. The molecule has 128 valence electrons. The molecule has 2 rings (SSSR count). The minimum absolute atomic E-state index is 0. The summed E-state index contributed by atoms with van der Waals surface area (Å²) in [4.78, 5) is 1.79. The lowest BCUT2D eigenvalue weighted by Gasteiger charge is -2.35. The summed E-state index contributed by atoms with van der Waals surface area (Å²) in [5.41, 5.74) is 0.476. The van der Waals surface area contributed by atoms with Crippen LogP contribution < -0.4 is 14.8 Å². The third-order valence-electron chi connectivity index (χ3n) is 3.54. The van der Waals surface area contributed by atoms with Gasteiger partial charge in [0.1, 0.15) is 17.5 Å². The van der Waals surface area contributed by atoms with Crippen molar-refractivity contribution in [3.8, 4) is 11.5 Å². The van der Waals surface area contributed by atoms with Gasteiger partial charge >= 0.3 is 0 Å². The van der Waals surface area contributed by atoms with Crippen LogP contribution in [-0.4, -0.2) is 51.7 Å². The SMILES string of the molecule is COc1ccc(OC)c([C@H](C(F)F)N2CCNCC2)c1.Cl.Cl. The number of alkyl halides is 2. The standard InChI is InChI=1S/C14H20F2N2O2.2ClH/c1-19-10-3-4-12(20-2)11(9-10)13(14(15)16)18-7-5-17-6-8-18;;/h3-4,9,13-14,17H,5-8H2,1-2H3;2*1H/t13-;;/m1../s1. The predicted octanol–water partition coefficient (Wildman–Crippen LogP) is 2.76. The van der Waals surface area contributed by atoms with Crippen molar-refractivity contribution in [1.82, 2.24) is 10.2 Å². The highest BCUT2D eigenvalue weighted by molar-refractivity contribution is 5.85. The lowest BCUT2D eigenvalue weighted by molar-refractivity contribution is 0.0169. The number of hydrogen-bond donors (Lipinski definition) is 1. The van der Waals surface area contributed by atoms with E-state index in [1.54, 1.807) is 23.1 Å². The molecular formula is C14H22Cl2F2N2O2. The zero-order chi connectivity index (χ0) is 14.5. The lowest BCUT2D eigenvalue weighted by atomic mass is 10.0. The highest BCUT2D eigenvalue weighted by Crippen LogP contribution is 2.36. The topological polar surface area (TPSA) is 33.7 Å². The predicted molar refractivity (Wildman–Crippen MR) is 87.2 cm³/mol. The zero-order valence-electron chi connectivity index (χ0n) is 12.6. The zero-order valence-corrected chi connectivity index (χ0v) is 14.2. The molecule has 8 heteroatoms. The molecule has 0 aromatic heterocycles. The van der Waals surface area contributed by atoms with Gasteiger partial charge in [-0.05, 0) is 18.2 Å². The number of nitrogens with zero attached hydrogens (tertiary/aromatic N) is 1. The minimum Gasteiger partial charge on any atom is -0.497 e. The number of hydrogen-bond acceptors (Lipinski definition) is 4. The molecule has 0 saturated carbocycles. The summed E-state index contributed by atoms with van der Waals surface area (Å²) in [6.07, 6.45) is -2.48. The van der Waals surface area contributed by atoms with Gasteiger partial charge in [0.2, 0.25) is 0 Å². The van der Waals surface area contributed by atoms with Crippen molar-refractivity contribution in [3.05, 3.63) is 23.8 Å². The van der Waals surface area contributed by atoms with Crippen molar-refractivity contribution in [2.45, 2.75) is 12.5 Å². The molecule has 1 aliphatic rings. The van der Waals surface area contributed by atoms with Gasteiger partial charge in [0, 0.05) is 31.7 Å². The van der Waals surface area contributed by atoms with E-state index in [1.165, 1.54) is 14.2 Å². The molecule has 0 radical (unpaired) electrons. The van der Waals surface area contributed by atoms with Crippen molar-refractivity contribution in [1.29, 1.82) is 0 Å². The molecule has 4 nitrogen and oxygen atoms in total. The van der Waals surface area contributed by atoms with E-state index in [1.807, 2.05) is 0 Å². The molecular weight excluding hydrogens is 337 g/mol. The van der Waals surface area contributed by atoms with Gasteiger partial charge in [-0.15, -0.1) is 24.8 Å². The number of nitrogens with one attached hydrogen (secondary N) is 1. The maximum Gasteiger partial charge on any atom is 0.258 e. The molecule has 0 aliphatic carbocycles. The van der Waals surface area contributed by atoms with E-state index in [0.717, 1.165) is 13.1 Å². The second-order valence-electron chi connectivity index (χ2n) is 4.67. The number of rotatable bonds is 5. The van der Waals surface area contributed by atoms with Crippen LogP contribution in [0.4, 0.5) is 8.78 Å². The molecule has 0 spiro atoms. The van der Waals surface area contributed by atoms with Crippen LogP contribution in [0.2, 0.25) is 0 Å². The fourth-order valence-electron chi connectivity index (χ4n) is 2.52. The normalized spacial score (nSPS) is 16.4. The second-order valence-corrected chi connectivity index (χ2v) is 4.67. The van der Waals surface area contributed by atoms with Gasteiger partial charge in [-0.3, -0.25) is 4.90 Å². The average Bonchev–Trinajstić information content (AvgIpc) is 2.48. The van der Waals surface area contributed by atoms with Crippen LogP contribution in [0.1, 0.15) is 11.6 Å². The smallest absolute Gasteiger partial charge is 0.258 e. The lowest BCUT2D eigenvalue weighted by Crippen LogP contribution is -2.47. The van der Waals surface area contributed by atoms with Crippen molar-refractivity contribution >= 4 is 24.8 Å². The summed E-state index contributed by atoms with van der Waals surface area (Å²) in [6, 6.07) is 4.05. The fourth-order valence-corrected chi connectivity index (χ4v) is 2.52. The summed E-state index contributed by atoms with van der Waals surface area (Å²) < 4.78 is 37.5. The Morgan fingerprint density at radius 3 is 2.23 bits per heavy atom. The van der Waals surface area contributed by atoms with Crippen molar-refractivity contribution < 1.29 is 18.3 Å². The Bertz CT molecular complexity index is 447. The van der Waals surface area contributed by atoms with Crippen molar-refractivity contribution in [2.24, 2.45) is 0 Å². The van der Waals surface area contributed by atoms with Crippen LogP contribution in [-0.2, 0) is 0 Å². The van der Waals surface area contributed by atoms with E-state index < -0.39 is 12.5 Å². The number of methoxy groups -OCH3 is 2. The second kappa shape index (κ2) is 10.0. The van der Waals surface area contributed by atoms with E-state index in [4.69, 9.17) is 9.47 Å². The highest BCUT2D eigenvalue weighted by atomic mass is 35.5.